The van der Waals surface area contributed by atoms with Crippen LogP contribution in [0.3, 0.4) is 0 Å². The van der Waals surface area contributed by atoms with E-state index in [1.807, 2.05) is 12.1 Å². The van der Waals surface area contributed by atoms with Gasteiger partial charge in [0.2, 0.25) is 0 Å². The fourth-order valence-electron chi connectivity index (χ4n) is 1.87. The van der Waals surface area contributed by atoms with E-state index in [1.54, 1.807) is 12.3 Å². The largest absolute Gasteiger partial charge is 0.508 e. The van der Waals surface area contributed by atoms with Crippen LogP contribution in [0.25, 0.3) is 6.08 Å². The SMILES string of the molecule is O=C1SC(=Cc2ccc[nH]2)C(=O)N1c1ccc(O)cc1. The Morgan fingerprint density at radius 2 is 1.90 bits per heavy atom. The van der Waals surface area contributed by atoms with Gasteiger partial charge in [-0.3, -0.25) is 9.59 Å². The predicted octanol–water partition coefficient (Wildman–Crippen LogP) is 2.96. The van der Waals surface area contributed by atoms with E-state index >= 15 is 0 Å². The lowest BCUT2D eigenvalue weighted by Gasteiger charge is -2.11. The van der Waals surface area contributed by atoms with Gasteiger partial charge in [-0.15, -0.1) is 0 Å². The van der Waals surface area contributed by atoms with Crippen LogP contribution in [0.15, 0.2) is 47.5 Å². The van der Waals surface area contributed by atoms with Crippen molar-refractivity contribution in [1.29, 1.82) is 0 Å². The molecule has 1 aromatic heterocycles. The first-order valence-electron chi connectivity index (χ1n) is 5.85. The Kier molecular flexibility index (Phi) is 3.08. The van der Waals surface area contributed by atoms with Crippen LogP contribution in [-0.4, -0.2) is 21.2 Å². The molecule has 0 bridgehead atoms. The van der Waals surface area contributed by atoms with Crippen LogP contribution in [0.4, 0.5) is 10.5 Å². The summed E-state index contributed by atoms with van der Waals surface area (Å²) >= 11 is 0.895. The lowest BCUT2D eigenvalue weighted by molar-refractivity contribution is -0.113. The second-order valence-electron chi connectivity index (χ2n) is 4.16. The second kappa shape index (κ2) is 4.90. The van der Waals surface area contributed by atoms with Crippen LogP contribution in [-0.2, 0) is 4.79 Å². The maximum absolute atomic E-state index is 12.3. The molecule has 1 saturated heterocycles. The summed E-state index contributed by atoms with van der Waals surface area (Å²) in [5.74, 6) is -0.275. The number of rotatable bonds is 2. The first-order valence-corrected chi connectivity index (χ1v) is 6.67. The molecule has 0 atom stereocenters. The minimum Gasteiger partial charge on any atom is -0.508 e. The number of phenols is 1. The summed E-state index contributed by atoms with van der Waals surface area (Å²) < 4.78 is 0. The molecule has 6 heteroatoms. The molecule has 2 heterocycles. The molecule has 2 N–H and O–H groups in total. The van der Waals surface area contributed by atoms with Crippen molar-refractivity contribution in [3.63, 3.8) is 0 Å². The van der Waals surface area contributed by atoms with Crippen molar-refractivity contribution in [3.8, 4) is 5.75 Å². The first-order chi connectivity index (χ1) is 9.65. The maximum Gasteiger partial charge on any atom is 0.298 e. The van der Waals surface area contributed by atoms with Crippen molar-refractivity contribution >= 4 is 34.7 Å². The number of carbonyl (C=O) groups is 2. The topological polar surface area (TPSA) is 73.4 Å². The van der Waals surface area contributed by atoms with Crippen LogP contribution in [0, 0.1) is 0 Å². The number of hydrogen-bond donors (Lipinski definition) is 2. The van der Waals surface area contributed by atoms with Crippen LogP contribution in [0.5, 0.6) is 5.75 Å². The number of anilines is 1. The van der Waals surface area contributed by atoms with Crippen molar-refractivity contribution < 1.29 is 14.7 Å². The highest BCUT2D eigenvalue weighted by Crippen LogP contribution is 2.35. The van der Waals surface area contributed by atoms with E-state index in [2.05, 4.69) is 4.98 Å². The molecule has 0 saturated carbocycles. The van der Waals surface area contributed by atoms with Gasteiger partial charge in [0.15, 0.2) is 0 Å². The van der Waals surface area contributed by atoms with Gasteiger partial charge in [0, 0.05) is 11.9 Å². The van der Waals surface area contributed by atoms with Gasteiger partial charge in [-0.05, 0) is 54.2 Å². The molecular formula is C14H10N2O3S. The Morgan fingerprint density at radius 3 is 2.55 bits per heavy atom. The van der Waals surface area contributed by atoms with Gasteiger partial charge in [-0.1, -0.05) is 0 Å². The van der Waals surface area contributed by atoms with Crippen molar-refractivity contribution in [3.05, 3.63) is 53.2 Å². The minimum atomic E-state index is -0.361. The third kappa shape index (κ3) is 2.21. The molecule has 1 aromatic carbocycles. The van der Waals surface area contributed by atoms with Gasteiger partial charge in [-0.2, -0.15) is 0 Å². The number of imide groups is 1. The van der Waals surface area contributed by atoms with Gasteiger partial charge in [0.05, 0.1) is 10.6 Å². The van der Waals surface area contributed by atoms with Crippen molar-refractivity contribution in [1.82, 2.24) is 4.98 Å². The number of thioether (sulfide) groups is 1. The highest BCUT2D eigenvalue weighted by molar-refractivity contribution is 8.19. The highest BCUT2D eigenvalue weighted by Gasteiger charge is 2.36. The van der Waals surface area contributed by atoms with E-state index in [-0.39, 0.29) is 16.9 Å². The van der Waals surface area contributed by atoms with Crippen LogP contribution >= 0.6 is 11.8 Å². The molecule has 20 heavy (non-hydrogen) atoms. The Bertz CT molecular complexity index is 690. The Morgan fingerprint density at radius 1 is 1.15 bits per heavy atom. The average Bonchev–Trinajstić information content (AvgIpc) is 3.02. The van der Waals surface area contributed by atoms with E-state index in [0.717, 1.165) is 22.4 Å². The predicted molar refractivity (Wildman–Crippen MR) is 77.3 cm³/mol. The van der Waals surface area contributed by atoms with Gasteiger partial charge in [0.1, 0.15) is 5.75 Å². The fourth-order valence-corrected chi connectivity index (χ4v) is 2.70. The Balaban J connectivity index is 1.93. The van der Waals surface area contributed by atoms with Gasteiger partial charge >= 0.3 is 0 Å². The zero-order chi connectivity index (χ0) is 14.1. The number of phenolic OH excluding ortho intramolecular Hbond substituents is 1. The number of hydrogen-bond acceptors (Lipinski definition) is 4. The number of H-pyrrole nitrogens is 1. The molecule has 3 rings (SSSR count). The number of aromatic hydroxyl groups is 1. The molecule has 1 fully saturated rings. The summed E-state index contributed by atoms with van der Waals surface area (Å²) in [4.78, 5) is 28.6. The molecule has 0 spiro atoms. The van der Waals surface area contributed by atoms with Gasteiger partial charge in [-0.25, -0.2) is 4.90 Å². The molecule has 2 amide bonds. The van der Waals surface area contributed by atoms with Gasteiger partial charge < -0.3 is 10.1 Å². The summed E-state index contributed by atoms with van der Waals surface area (Å²) in [5, 5.41) is 8.90. The second-order valence-corrected chi connectivity index (χ2v) is 5.15. The highest BCUT2D eigenvalue weighted by atomic mass is 32.2. The van der Waals surface area contributed by atoms with Crippen LogP contribution in [0.1, 0.15) is 5.69 Å². The maximum atomic E-state index is 12.3. The number of nitrogens with one attached hydrogen (secondary N) is 1. The molecule has 1 aliphatic heterocycles. The number of amides is 2. The van der Waals surface area contributed by atoms with E-state index in [0.29, 0.717) is 10.6 Å². The normalized spacial score (nSPS) is 17.2. The van der Waals surface area contributed by atoms with E-state index in [9.17, 15) is 14.7 Å². The van der Waals surface area contributed by atoms with Crippen molar-refractivity contribution in [2.75, 3.05) is 4.90 Å². The number of nitrogens with zero attached hydrogens (tertiary/aromatic N) is 1. The molecule has 2 aromatic rings. The van der Waals surface area contributed by atoms with E-state index in [4.69, 9.17) is 0 Å². The number of carbonyl (C=O) groups excluding carboxylic acids is 2. The van der Waals surface area contributed by atoms with Crippen molar-refractivity contribution in [2.45, 2.75) is 0 Å². The molecule has 5 nitrogen and oxygen atoms in total. The first kappa shape index (κ1) is 12.6. The lowest BCUT2D eigenvalue weighted by atomic mass is 10.2. The average molecular weight is 286 g/mol. The molecule has 100 valence electrons. The monoisotopic (exact) mass is 286 g/mol. The summed E-state index contributed by atoms with van der Waals surface area (Å²) in [7, 11) is 0. The summed E-state index contributed by atoms with van der Waals surface area (Å²) in [6.07, 6.45) is 3.39. The lowest BCUT2D eigenvalue weighted by Crippen LogP contribution is -2.27. The minimum absolute atomic E-state index is 0.0858. The van der Waals surface area contributed by atoms with Crippen LogP contribution < -0.4 is 4.90 Å². The van der Waals surface area contributed by atoms with E-state index in [1.165, 1.54) is 24.3 Å². The Hall–Kier alpha value is -2.47. The summed E-state index contributed by atoms with van der Waals surface area (Å²) in [6.45, 7) is 0. The standard InChI is InChI=1S/C14H10N2O3S/c17-11-5-3-10(4-6-11)16-13(18)12(20-14(16)19)8-9-2-1-7-15-9/h1-8,15,17H. The van der Waals surface area contributed by atoms with Crippen molar-refractivity contribution in [2.24, 2.45) is 0 Å². The third-order valence-electron chi connectivity index (χ3n) is 2.81. The van der Waals surface area contributed by atoms with Crippen LogP contribution in [0.2, 0.25) is 0 Å². The van der Waals surface area contributed by atoms with E-state index < -0.39 is 0 Å². The molecule has 0 aliphatic carbocycles. The zero-order valence-electron chi connectivity index (χ0n) is 10.2. The van der Waals surface area contributed by atoms with Gasteiger partial charge in [0.25, 0.3) is 11.1 Å². The zero-order valence-corrected chi connectivity index (χ0v) is 11.1. The molecule has 0 unspecified atom stereocenters. The fraction of sp³-hybridized carbons (Fsp3) is 0. The molecule has 1 aliphatic rings. The number of aromatic amines is 1. The quantitative estimate of drug-likeness (QED) is 0.832. The Labute approximate surface area is 118 Å². The number of benzene rings is 1. The third-order valence-corrected chi connectivity index (χ3v) is 3.68. The smallest absolute Gasteiger partial charge is 0.298 e. The summed E-state index contributed by atoms with van der Waals surface area (Å²) in [6, 6.07) is 9.57. The number of aromatic nitrogens is 1. The molecular weight excluding hydrogens is 276 g/mol. The molecule has 0 radical (unpaired) electrons. The summed E-state index contributed by atoms with van der Waals surface area (Å²) in [5.41, 5.74) is 1.21.